The molecule has 0 aromatic carbocycles. The van der Waals surface area contributed by atoms with E-state index in [4.69, 9.17) is 0 Å². The molecule has 0 bridgehead atoms. The minimum atomic E-state index is 0.401. The molecule has 0 aliphatic carbocycles. The lowest BCUT2D eigenvalue weighted by molar-refractivity contribution is 0.370. The summed E-state index contributed by atoms with van der Waals surface area (Å²) in [6.07, 6.45) is 1.23. The van der Waals surface area contributed by atoms with E-state index in [1.54, 1.807) is 0 Å². The van der Waals surface area contributed by atoms with Gasteiger partial charge in [0, 0.05) is 17.8 Å². The number of likely N-dealkylation sites (N-methyl/N-ethyl adjacent to an activating group) is 1. The quantitative estimate of drug-likeness (QED) is 0.838. The van der Waals surface area contributed by atoms with E-state index in [-0.39, 0.29) is 0 Å². The van der Waals surface area contributed by atoms with Crippen LogP contribution in [0, 0.1) is 5.41 Å². The highest BCUT2D eigenvalue weighted by atomic mass is 32.2. The molecule has 0 saturated carbocycles. The molecule has 2 atom stereocenters. The zero-order valence-corrected chi connectivity index (χ0v) is 12.9. The second kappa shape index (κ2) is 6.10. The normalized spacial score (nSPS) is 22.8. The molecular weight excluding hydrogens is 230 g/mol. The van der Waals surface area contributed by atoms with Crippen LogP contribution < -0.4 is 5.32 Å². The predicted molar refractivity (Wildman–Crippen MR) is 78.9 cm³/mol. The Labute approximate surface area is 110 Å². The Bertz CT molecular complexity index is 268. The van der Waals surface area contributed by atoms with Crippen molar-refractivity contribution in [2.24, 2.45) is 10.4 Å². The minimum absolute atomic E-state index is 0.401. The van der Waals surface area contributed by atoms with Crippen LogP contribution in [0.3, 0.4) is 0 Å². The Morgan fingerprint density at radius 1 is 1.47 bits per heavy atom. The topological polar surface area (TPSA) is 27.6 Å². The molecular formula is C13H27N3S. The zero-order chi connectivity index (χ0) is 13.1. The molecule has 3 nitrogen and oxygen atoms in total. The van der Waals surface area contributed by atoms with Gasteiger partial charge in [-0.25, -0.2) is 0 Å². The van der Waals surface area contributed by atoms with E-state index in [0.29, 0.717) is 16.7 Å². The molecule has 100 valence electrons. The molecule has 0 saturated heterocycles. The summed E-state index contributed by atoms with van der Waals surface area (Å²) >= 11 is 1.91. The van der Waals surface area contributed by atoms with E-state index >= 15 is 0 Å². The third kappa shape index (κ3) is 6.32. The molecule has 0 aromatic heterocycles. The summed E-state index contributed by atoms with van der Waals surface area (Å²) in [5, 5.41) is 5.29. The van der Waals surface area contributed by atoms with Crippen molar-refractivity contribution in [3.05, 3.63) is 0 Å². The number of hydrogen-bond acceptors (Lipinski definition) is 4. The minimum Gasteiger partial charge on any atom is -0.361 e. The molecule has 1 heterocycles. The van der Waals surface area contributed by atoms with Crippen LogP contribution in [0.25, 0.3) is 0 Å². The Hall–Kier alpha value is -0.220. The number of hydrogen-bond donors (Lipinski definition) is 1. The molecule has 0 fully saturated rings. The van der Waals surface area contributed by atoms with Crippen molar-refractivity contribution >= 4 is 16.9 Å². The van der Waals surface area contributed by atoms with Gasteiger partial charge in [-0.3, -0.25) is 4.99 Å². The number of nitrogens with one attached hydrogen (secondary N) is 1. The van der Waals surface area contributed by atoms with Crippen molar-refractivity contribution in [3.63, 3.8) is 0 Å². The second-order valence-electron chi connectivity index (χ2n) is 6.46. The summed E-state index contributed by atoms with van der Waals surface area (Å²) < 4.78 is 0. The number of nitrogens with zero attached hydrogens (tertiary/aromatic N) is 2. The first kappa shape index (κ1) is 14.8. The van der Waals surface area contributed by atoms with Crippen LogP contribution in [0.4, 0.5) is 0 Å². The average Bonchev–Trinajstić information content (AvgIpc) is 2.46. The smallest absolute Gasteiger partial charge is 0.157 e. The SMILES string of the molecule is CC(CN(C)C)NC1=NCC(CC(C)(C)C)S1. The second-order valence-corrected chi connectivity index (χ2v) is 7.75. The Kier molecular flexibility index (Phi) is 5.32. The van der Waals surface area contributed by atoms with Crippen molar-refractivity contribution < 1.29 is 0 Å². The standard InChI is InChI=1S/C13H27N3S/c1-10(9-16(5)6)15-12-14-8-11(17-12)7-13(2,3)4/h10-11H,7-9H2,1-6H3,(H,14,15). The van der Waals surface area contributed by atoms with Crippen molar-refractivity contribution in [2.45, 2.75) is 45.4 Å². The third-order valence-corrected chi connectivity index (χ3v) is 3.69. The first-order chi connectivity index (χ1) is 7.76. The maximum absolute atomic E-state index is 4.60. The number of aliphatic imine (C=N–C) groups is 1. The van der Waals surface area contributed by atoms with E-state index in [9.17, 15) is 0 Å². The van der Waals surface area contributed by atoms with Gasteiger partial charge >= 0.3 is 0 Å². The van der Waals surface area contributed by atoms with Gasteiger partial charge in [0.25, 0.3) is 0 Å². The summed E-state index contributed by atoms with van der Waals surface area (Å²) in [5.41, 5.74) is 0.401. The Morgan fingerprint density at radius 3 is 2.65 bits per heavy atom. The predicted octanol–water partition coefficient (Wildman–Crippen LogP) is 2.43. The summed E-state index contributed by atoms with van der Waals surface area (Å²) in [6.45, 7) is 11.1. The molecule has 17 heavy (non-hydrogen) atoms. The van der Waals surface area contributed by atoms with Crippen LogP contribution in [-0.4, -0.2) is 48.5 Å². The number of amidine groups is 1. The monoisotopic (exact) mass is 257 g/mol. The summed E-state index contributed by atoms with van der Waals surface area (Å²) in [6, 6.07) is 0.463. The van der Waals surface area contributed by atoms with Crippen LogP contribution in [0.1, 0.15) is 34.1 Å². The van der Waals surface area contributed by atoms with E-state index in [2.05, 4.69) is 57.0 Å². The largest absolute Gasteiger partial charge is 0.361 e. The lowest BCUT2D eigenvalue weighted by Crippen LogP contribution is -2.38. The molecule has 1 aliphatic rings. The van der Waals surface area contributed by atoms with Crippen LogP contribution in [0.5, 0.6) is 0 Å². The van der Waals surface area contributed by atoms with E-state index in [1.165, 1.54) is 6.42 Å². The highest BCUT2D eigenvalue weighted by molar-refractivity contribution is 8.14. The van der Waals surface area contributed by atoms with Gasteiger partial charge in [0.2, 0.25) is 0 Å². The van der Waals surface area contributed by atoms with Gasteiger partial charge in [0.1, 0.15) is 0 Å². The summed E-state index contributed by atoms with van der Waals surface area (Å²) in [4.78, 5) is 6.80. The van der Waals surface area contributed by atoms with Gasteiger partial charge in [-0.05, 0) is 32.9 Å². The number of rotatable bonds is 4. The summed E-state index contributed by atoms with van der Waals surface area (Å²) in [7, 11) is 4.20. The molecule has 1 aliphatic heterocycles. The van der Waals surface area contributed by atoms with Crippen molar-refractivity contribution in [1.82, 2.24) is 10.2 Å². The van der Waals surface area contributed by atoms with Crippen molar-refractivity contribution in [2.75, 3.05) is 27.2 Å². The molecule has 0 aromatic rings. The van der Waals surface area contributed by atoms with Gasteiger partial charge in [0.15, 0.2) is 5.17 Å². The first-order valence-electron chi connectivity index (χ1n) is 6.38. The Morgan fingerprint density at radius 2 is 2.12 bits per heavy atom. The van der Waals surface area contributed by atoms with Gasteiger partial charge in [0.05, 0.1) is 6.54 Å². The van der Waals surface area contributed by atoms with E-state index in [1.807, 2.05) is 11.8 Å². The lowest BCUT2D eigenvalue weighted by Gasteiger charge is -2.22. The van der Waals surface area contributed by atoms with Crippen LogP contribution in [0.15, 0.2) is 4.99 Å². The van der Waals surface area contributed by atoms with Crippen molar-refractivity contribution in [3.8, 4) is 0 Å². The zero-order valence-electron chi connectivity index (χ0n) is 12.1. The van der Waals surface area contributed by atoms with Gasteiger partial charge < -0.3 is 10.2 Å². The van der Waals surface area contributed by atoms with Crippen LogP contribution in [0.2, 0.25) is 0 Å². The fraction of sp³-hybridized carbons (Fsp3) is 0.923. The van der Waals surface area contributed by atoms with Gasteiger partial charge in [-0.1, -0.05) is 32.5 Å². The van der Waals surface area contributed by atoms with Crippen molar-refractivity contribution in [1.29, 1.82) is 0 Å². The highest BCUT2D eigenvalue weighted by Crippen LogP contribution is 2.31. The summed E-state index contributed by atoms with van der Waals surface area (Å²) in [5.74, 6) is 0. The highest BCUT2D eigenvalue weighted by Gasteiger charge is 2.25. The first-order valence-corrected chi connectivity index (χ1v) is 7.26. The molecule has 2 unspecified atom stereocenters. The van der Waals surface area contributed by atoms with Gasteiger partial charge in [-0.15, -0.1) is 0 Å². The molecule has 1 rings (SSSR count). The molecule has 1 N–H and O–H groups in total. The molecule has 0 spiro atoms. The maximum atomic E-state index is 4.60. The average molecular weight is 257 g/mol. The fourth-order valence-electron chi connectivity index (χ4n) is 2.09. The Balaban J connectivity index is 2.30. The molecule has 0 amide bonds. The van der Waals surface area contributed by atoms with Crippen LogP contribution in [-0.2, 0) is 0 Å². The molecule has 4 heteroatoms. The van der Waals surface area contributed by atoms with E-state index < -0.39 is 0 Å². The third-order valence-electron chi connectivity index (χ3n) is 2.57. The molecule has 0 radical (unpaired) electrons. The van der Waals surface area contributed by atoms with Gasteiger partial charge in [-0.2, -0.15) is 0 Å². The van der Waals surface area contributed by atoms with E-state index in [0.717, 1.165) is 18.3 Å². The lowest BCUT2D eigenvalue weighted by atomic mass is 9.90. The van der Waals surface area contributed by atoms with Crippen LogP contribution >= 0.6 is 11.8 Å². The number of thioether (sulfide) groups is 1. The maximum Gasteiger partial charge on any atom is 0.157 e. The fourth-order valence-corrected chi connectivity index (χ4v) is 3.56.